The molecule has 1 atom stereocenters. The minimum atomic E-state index is -3.49. The van der Waals surface area contributed by atoms with Gasteiger partial charge in [-0.2, -0.15) is 4.39 Å². The zero-order valence-corrected chi connectivity index (χ0v) is 13.7. The molecule has 0 amide bonds. The third-order valence-corrected chi connectivity index (χ3v) is 6.42. The van der Waals surface area contributed by atoms with Gasteiger partial charge >= 0.3 is 0 Å². The minimum absolute atomic E-state index is 0.177. The second-order valence-electron chi connectivity index (χ2n) is 5.96. The Bertz CT molecular complexity index is 759. The predicted molar refractivity (Wildman–Crippen MR) is 86.5 cm³/mol. The Hall–Kier alpha value is -1.79. The summed E-state index contributed by atoms with van der Waals surface area (Å²) >= 11 is 0. The second kappa shape index (κ2) is 6.37. The molecule has 1 unspecified atom stereocenters. The highest BCUT2D eigenvalue weighted by Gasteiger charge is 2.42. The van der Waals surface area contributed by atoms with E-state index in [0.29, 0.717) is 5.56 Å². The van der Waals surface area contributed by atoms with Gasteiger partial charge in [-0.25, -0.2) is 17.7 Å². The van der Waals surface area contributed by atoms with Crippen LogP contribution in [0.4, 0.5) is 4.39 Å². The topological polar surface area (TPSA) is 50.3 Å². The van der Waals surface area contributed by atoms with E-state index in [-0.39, 0.29) is 12.5 Å². The molecule has 1 heterocycles. The van der Waals surface area contributed by atoms with E-state index in [1.54, 1.807) is 13.1 Å². The lowest BCUT2D eigenvalue weighted by Gasteiger charge is -2.25. The maximum atomic E-state index is 13.0. The van der Waals surface area contributed by atoms with E-state index in [1.807, 2.05) is 30.3 Å². The van der Waals surface area contributed by atoms with Crippen LogP contribution in [0.5, 0.6) is 0 Å². The molecule has 3 rings (SSSR count). The lowest BCUT2D eigenvalue weighted by molar-refractivity contribution is 0.449. The van der Waals surface area contributed by atoms with E-state index in [1.165, 1.54) is 16.6 Å². The van der Waals surface area contributed by atoms with Crippen molar-refractivity contribution in [3.05, 3.63) is 65.7 Å². The summed E-state index contributed by atoms with van der Waals surface area (Å²) in [5.74, 6) is -0.393. The first-order valence-electron chi connectivity index (χ1n) is 7.59. The van der Waals surface area contributed by atoms with Gasteiger partial charge in [-0.05, 0) is 36.0 Å². The van der Waals surface area contributed by atoms with Gasteiger partial charge < -0.3 is 0 Å². The average Bonchev–Trinajstić information content (AvgIpc) is 3.35. The van der Waals surface area contributed by atoms with Gasteiger partial charge in [0.25, 0.3) is 0 Å². The smallest absolute Gasteiger partial charge is 0.221 e. The Kier molecular flexibility index (Phi) is 4.46. The van der Waals surface area contributed by atoms with Crippen molar-refractivity contribution in [3.63, 3.8) is 0 Å². The second-order valence-corrected chi connectivity index (χ2v) is 8.12. The van der Waals surface area contributed by atoms with Crippen LogP contribution in [-0.2, 0) is 16.6 Å². The van der Waals surface area contributed by atoms with Gasteiger partial charge in [-0.15, -0.1) is 0 Å². The van der Waals surface area contributed by atoms with Crippen molar-refractivity contribution >= 4 is 10.0 Å². The Morgan fingerprint density at radius 1 is 1.22 bits per heavy atom. The molecule has 1 aromatic carbocycles. The lowest BCUT2D eigenvalue weighted by Crippen LogP contribution is -2.32. The largest absolute Gasteiger partial charge is 0.228 e. The molecule has 2 aromatic rings. The molecule has 6 heteroatoms. The van der Waals surface area contributed by atoms with Crippen LogP contribution in [-0.4, -0.2) is 24.8 Å². The molecule has 0 spiro atoms. The van der Waals surface area contributed by atoms with Crippen molar-refractivity contribution in [1.82, 2.24) is 9.29 Å². The molecule has 23 heavy (non-hydrogen) atoms. The SMILES string of the molecule is CN(Cc1ccc(F)nc1)S(=O)(=O)C(c1ccccc1)C1CC1. The number of nitrogens with zero attached hydrogens (tertiary/aromatic N) is 2. The van der Waals surface area contributed by atoms with E-state index >= 15 is 0 Å². The number of hydrogen-bond donors (Lipinski definition) is 0. The van der Waals surface area contributed by atoms with Crippen LogP contribution in [0.1, 0.15) is 29.2 Å². The molecular weight excluding hydrogens is 315 g/mol. The van der Waals surface area contributed by atoms with Gasteiger partial charge in [-0.3, -0.25) is 0 Å². The summed E-state index contributed by atoms with van der Waals surface area (Å²) in [4.78, 5) is 3.58. The quantitative estimate of drug-likeness (QED) is 0.763. The van der Waals surface area contributed by atoms with E-state index in [4.69, 9.17) is 0 Å². The van der Waals surface area contributed by atoms with Crippen molar-refractivity contribution in [3.8, 4) is 0 Å². The van der Waals surface area contributed by atoms with Crippen molar-refractivity contribution in [2.75, 3.05) is 7.05 Å². The maximum absolute atomic E-state index is 13.0. The molecule has 1 saturated carbocycles. The van der Waals surface area contributed by atoms with Crippen molar-refractivity contribution in [2.45, 2.75) is 24.6 Å². The zero-order valence-electron chi connectivity index (χ0n) is 12.9. The summed E-state index contributed by atoms with van der Waals surface area (Å²) in [6.45, 7) is 0.186. The third-order valence-electron chi connectivity index (χ3n) is 4.13. The summed E-state index contributed by atoms with van der Waals surface area (Å²) in [5.41, 5.74) is 1.50. The molecule has 1 aliphatic carbocycles. The van der Waals surface area contributed by atoms with Crippen molar-refractivity contribution in [2.24, 2.45) is 5.92 Å². The van der Waals surface area contributed by atoms with Crippen LogP contribution >= 0.6 is 0 Å². The van der Waals surface area contributed by atoms with Gasteiger partial charge in [0.2, 0.25) is 16.0 Å². The summed E-state index contributed by atoms with van der Waals surface area (Å²) in [5, 5.41) is -0.512. The molecular formula is C17H19FN2O2S. The fourth-order valence-electron chi connectivity index (χ4n) is 2.77. The highest BCUT2D eigenvalue weighted by molar-refractivity contribution is 7.89. The summed E-state index contributed by atoms with van der Waals surface area (Å²) in [6.07, 6.45) is 3.24. The minimum Gasteiger partial charge on any atom is -0.228 e. The number of rotatable bonds is 6. The zero-order chi connectivity index (χ0) is 16.4. The number of pyridine rings is 1. The molecule has 0 saturated heterocycles. The van der Waals surface area contributed by atoms with Crippen LogP contribution in [0.2, 0.25) is 0 Å². The average molecular weight is 334 g/mol. The highest BCUT2D eigenvalue weighted by atomic mass is 32.2. The van der Waals surface area contributed by atoms with Crippen molar-refractivity contribution < 1.29 is 12.8 Å². The van der Waals surface area contributed by atoms with Gasteiger partial charge in [0, 0.05) is 19.8 Å². The molecule has 0 radical (unpaired) electrons. The van der Waals surface area contributed by atoms with Crippen molar-refractivity contribution in [1.29, 1.82) is 0 Å². The molecule has 1 aliphatic rings. The third kappa shape index (κ3) is 3.59. The van der Waals surface area contributed by atoms with Crippen LogP contribution in [0, 0.1) is 11.9 Å². The molecule has 0 aliphatic heterocycles. The fraction of sp³-hybridized carbons (Fsp3) is 0.353. The molecule has 122 valence electrons. The Balaban J connectivity index is 1.84. The molecule has 0 N–H and O–H groups in total. The summed E-state index contributed by atoms with van der Waals surface area (Å²) in [6, 6.07) is 12.2. The number of hydrogen-bond acceptors (Lipinski definition) is 3. The normalized spacial score (nSPS) is 16.5. The number of halogens is 1. The van der Waals surface area contributed by atoms with E-state index in [2.05, 4.69) is 4.98 Å². The van der Waals surface area contributed by atoms with E-state index in [0.717, 1.165) is 18.4 Å². The first-order valence-corrected chi connectivity index (χ1v) is 9.09. The highest BCUT2D eigenvalue weighted by Crippen LogP contribution is 2.46. The van der Waals surface area contributed by atoms with Crippen LogP contribution in [0.3, 0.4) is 0 Å². The summed E-state index contributed by atoms with van der Waals surface area (Å²) < 4.78 is 40.3. The standard InChI is InChI=1S/C17H19FN2O2S/c1-20(12-13-7-10-16(18)19-11-13)23(21,22)17(15-8-9-15)14-5-3-2-4-6-14/h2-7,10-11,15,17H,8-9,12H2,1H3. The summed E-state index contributed by atoms with van der Waals surface area (Å²) in [7, 11) is -1.92. The van der Waals surface area contributed by atoms with Gasteiger partial charge in [0.05, 0.1) is 0 Å². The van der Waals surface area contributed by atoms with Crippen LogP contribution in [0.25, 0.3) is 0 Å². The number of benzene rings is 1. The van der Waals surface area contributed by atoms with Gasteiger partial charge in [0.15, 0.2) is 0 Å². The van der Waals surface area contributed by atoms with Gasteiger partial charge in [-0.1, -0.05) is 36.4 Å². The lowest BCUT2D eigenvalue weighted by atomic mass is 10.1. The Labute approximate surface area is 136 Å². The fourth-order valence-corrected chi connectivity index (χ4v) is 4.75. The number of aromatic nitrogens is 1. The van der Waals surface area contributed by atoms with Crippen LogP contribution < -0.4 is 0 Å². The first-order chi connectivity index (χ1) is 11.0. The molecule has 4 nitrogen and oxygen atoms in total. The Morgan fingerprint density at radius 2 is 1.91 bits per heavy atom. The van der Waals surface area contributed by atoms with Crippen LogP contribution in [0.15, 0.2) is 48.7 Å². The monoisotopic (exact) mass is 334 g/mol. The Morgan fingerprint density at radius 3 is 2.48 bits per heavy atom. The first kappa shape index (κ1) is 16.1. The maximum Gasteiger partial charge on any atom is 0.221 e. The molecule has 1 aromatic heterocycles. The molecule has 0 bridgehead atoms. The predicted octanol–water partition coefficient (Wildman–Crippen LogP) is 3.13. The van der Waals surface area contributed by atoms with E-state index in [9.17, 15) is 12.8 Å². The van der Waals surface area contributed by atoms with E-state index < -0.39 is 21.2 Å². The molecule has 1 fully saturated rings. The number of sulfonamides is 1. The van der Waals surface area contributed by atoms with Gasteiger partial charge in [0.1, 0.15) is 5.25 Å².